The Labute approximate surface area is 117 Å². The van der Waals surface area contributed by atoms with Crippen molar-refractivity contribution in [1.82, 2.24) is 15.2 Å². The Bertz CT molecular complexity index is 480. The Balaban J connectivity index is 1.84. The van der Waals surface area contributed by atoms with Crippen molar-refractivity contribution < 1.29 is 14.0 Å². The van der Waals surface area contributed by atoms with E-state index in [1.807, 2.05) is 22.3 Å². The lowest BCUT2D eigenvalue weighted by molar-refractivity contribution is -0.131. The van der Waals surface area contributed by atoms with Gasteiger partial charge in [0.1, 0.15) is 12.0 Å². The second-order valence-corrected chi connectivity index (χ2v) is 5.04. The molecule has 0 unspecified atom stereocenters. The Morgan fingerprint density at radius 3 is 2.80 bits per heavy atom. The maximum Gasteiger partial charge on any atom is 0.268 e. The maximum absolute atomic E-state index is 12.0. The molecule has 2 amide bonds. The first-order valence-electron chi connectivity index (χ1n) is 6.65. The number of nitrogens with two attached hydrogens (primary N) is 1. The number of likely N-dealkylation sites (tertiary alicyclic amines) is 1. The molecular weight excluding hydrogens is 260 g/mol. The van der Waals surface area contributed by atoms with Crippen molar-refractivity contribution in [3.05, 3.63) is 23.7 Å². The lowest BCUT2D eigenvalue weighted by Crippen LogP contribution is -2.36. The molecular formula is C13H20N4O3. The maximum atomic E-state index is 12.0. The quantitative estimate of drug-likeness (QED) is 0.448. The molecule has 3 N–H and O–H groups in total. The van der Waals surface area contributed by atoms with Gasteiger partial charge in [0.2, 0.25) is 5.91 Å². The average molecular weight is 280 g/mol. The summed E-state index contributed by atoms with van der Waals surface area (Å²) in [5.41, 5.74) is 2.42. The third-order valence-corrected chi connectivity index (χ3v) is 3.34. The number of rotatable bonds is 5. The predicted octanol–water partition coefficient (Wildman–Crippen LogP) is -0.0627. The van der Waals surface area contributed by atoms with Crippen molar-refractivity contribution in [1.29, 1.82) is 0 Å². The van der Waals surface area contributed by atoms with E-state index in [0.29, 0.717) is 24.4 Å². The van der Waals surface area contributed by atoms with Crippen LogP contribution in [0.25, 0.3) is 0 Å². The SMILES string of the molecule is CN(CC(=O)N1CCCC1)Cc1cc(C(=O)NN)co1. The lowest BCUT2D eigenvalue weighted by Gasteiger charge is -2.20. The van der Waals surface area contributed by atoms with Gasteiger partial charge in [-0.1, -0.05) is 0 Å². The molecule has 1 aliphatic rings. The first-order chi connectivity index (χ1) is 9.60. The van der Waals surface area contributed by atoms with Crippen molar-refractivity contribution in [3.8, 4) is 0 Å². The smallest absolute Gasteiger partial charge is 0.268 e. The van der Waals surface area contributed by atoms with Gasteiger partial charge in [0, 0.05) is 13.1 Å². The number of hydrogen-bond acceptors (Lipinski definition) is 5. The number of likely N-dealkylation sites (N-methyl/N-ethyl adjacent to an activating group) is 1. The molecule has 0 bridgehead atoms. The average Bonchev–Trinajstić information content (AvgIpc) is 3.08. The number of amides is 2. The molecule has 2 rings (SSSR count). The van der Waals surface area contributed by atoms with E-state index in [1.165, 1.54) is 6.26 Å². The highest BCUT2D eigenvalue weighted by Crippen LogP contribution is 2.11. The minimum Gasteiger partial charge on any atom is -0.467 e. The van der Waals surface area contributed by atoms with E-state index in [4.69, 9.17) is 10.3 Å². The molecule has 110 valence electrons. The van der Waals surface area contributed by atoms with Crippen LogP contribution in [0.3, 0.4) is 0 Å². The molecule has 7 heteroatoms. The molecule has 1 aromatic heterocycles. The van der Waals surface area contributed by atoms with Gasteiger partial charge in [-0.2, -0.15) is 0 Å². The summed E-state index contributed by atoms with van der Waals surface area (Å²) in [4.78, 5) is 27.0. The number of carbonyl (C=O) groups is 2. The van der Waals surface area contributed by atoms with Gasteiger partial charge in [-0.05, 0) is 26.0 Å². The summed E-state index contributed by atoms with van der Waals surface area (Å²) in [7, 11) is 1.85. The lowest BCUT2D eigenvalue weighted by atomic mass is 10.3. The highest BCUT2D eigenvalue weighted by Gasteiger charge is 2.19. The number of furan rings is 1. The number of hydrazine groups is 1. The Hall–Kier alpha value is -1.86. The molecule has 0 aromatic carbocycles. The van der Waals surface area contributed by atoms with E-state index in [9.17, 15) is 9.59 Å². The van der Waals surface area contributed by atoms with Crippen molar-refractivity contribution in [2.45, 2.75) is 19.4 Å². The summed E-state index contributed by atoms with van der Waals surface area (Å²) in [6.45, 7) is 2.53. The van der Waals surface area contributed by atoms with E-state index in [2.05, 4.69) is 0 Å². The zero-order valence-corrected chi connectivity index (χ0v) is 11.6. The number of nitrogens with one attached hydrogen (secondary N) is 1. The number of nitrogen functional groups attached to an aromatic ring is 1. The van der Waals surface area contributed by atoms with Crippen LogP contribution in [-0.2, 0) is 11.3 Å². The van der Waals surface area contributed by atoms with Crippen LogP contribution in [0.4, 0.5) is 0 Å². The number of nitrogens with zero attached hydrogens (tertiary/aromatic N) is 2. The van der Waals surface area contributed by atoms with E-state index in [1.54, 1.807) is 6.07 Å². The zero-order chi connectivity index (χ0) is 14.5. The number of hydrogen-bond donors (Lipinski definition) is 2. The summed E-state index contributed by atoms with van der Waals surface area (Å²) < 4.78 is 5.28. The van der Waals surface area contributed by atoms with E-state index >= 15 is 0 Å². The molecule has 0 spiro atoms. The second kappa shape index (κ2) is 6.53. The largest absolute Gasteiger partial charge is 0.467 e. The fraction of sp³-hybridized carbons (Fsp3) is 0.538. The van der Waals surface area contributed by atoms with E-state index in [0.717, 1.165) is 25.9 Å². The molecule has 0 atom stereocenters. The van der Waals surface area contributed by atoms with Gasteiger partial charge in [0.05, 0.1) is 18.7 Å². The highest BCUT2D eigenvalue weighted by atomic mass is 16.3. The summed E-state index contributed by atoms with van der Waals surface area (Å²) in [6.07, 6.45) is 3.53. The zero-order valence-electron chi connectivity index (χ0n) is 11.6. The van der Waals surface area contributed by atoms with Gasteiger partial charge in [0.25, 0.3) is 5.91 Å². The van der Waals surface area contributed by atoms with Crippen molar-refractivity contribution >= 4 is 11.8 Å². The van der Waals surface area contributed by atoms with Gasteiger partial charge in [-0.15, -0.1) is 0 Å². The molecule has 7 nitrogen and oxygen atoms in total. The normalized spacial score (nSPS) is 14.8. The van der Waals surface area contributed by atoms with Gasteiger partial charge >= 0.3 is 0 Å². The molecule has 2 heterocycles. The molecule has 1 fully saturated rings. The molecule has 1 aliphatic heterocycles. The summed E-state index contributed by atoms with van der Waals surface area (Å²) in [5.74, 6) is 5.42. The van der Waals surface area contributed by atoms with Crippen LogP contribution < -0.4 is 11.3 Å². The Kier molecular flexibility index (Phi) is 4.75. The third kappa shape index (κ3) is 3.58. The minimum atomic E-state index is -0.393. The standard InChI is InChI=1S/C13H20N4O3/c1-16(8-12(18)17-4-2-3-5-17)7-11-6-10(9-20-11)13(19)15-14/h6,9H,2-5,7-8,14H2,1H3,(H,15,19). The van der Waals surface area contributed by atoms with Crippen molar-refractivity contribution in [2.24, 2.45) is 5.84 Å². The van der Waals surface area contributed by atoms with Crippen LogP contribution in [0.15, 0.2) is 16.7 Å². The van der Waals surface area contributed by atoms with E-state index < -0.39 is 5.91 Å². The van der Waals surface area contributed by atoms with Crippen molar-refractivity contribution in [3.63, 3.8) is 0 Å². The monoisotopic (exact) mass is 280 g/mol. The molecule has 0 aliphatic carbocycles. The fourth-order valence-corrected chi connectivity index (χ4v) is 2.29. The molecule has 1 saturated heterocycles. The van der Waals surface area contributed by atoms with Crippen LogP contribution in [-0.4, -0.2) is 48.3 Å². The van der Waals surface area contributed by atoms with Crippen LogP contribution in [0.5, 0.6) is 0 Å². The summed E-state index contributed by atoms with van der Waals surface area (Å²) in [5, 5.41) is 0. The Morgan fingerprint density at radius 1 is 1.45 bits per heavy atom. The topological polar surface area (TPSA) is 91.8 Å². The van der Waals surface area contributed by atoms with Crippen LogP contribution in [0.1, 0.15) is 29.0 Å². The first kappa shape index (κ1) is 14.5. The van der Waals surface area contributed by atoms with Gasteiger partial charge in [-0.3, -0.25) is 19.9 Å². The molecule has 1 aromatic rings. The number of carbonyl (C=O) groups excluding carboxylic acids is 2. The van der Waals surface area contributed by atoms with Gasteiger partial charge in [0.15, 0.2) is 0 Å². The molecule has 0 radical (unpaired) electrons. The first-order valence-corrected chi connectivity index (χ1v) is 6.65. The van der Waals surface area contributed by atoms with Gasteiger partial charge < -0.3 is 9.32 Å². The van der Waals surface area contributed by atoms with Crippen LogP contribution in [0.2, 0.25) is 0 Å². The Morgan fingerprint density at radius 2 is 2.15 bits per heavy atom. The van der Waals surface area contributed by atoms with Crippen LogP contribution in [0, 0.1) is 0 Å². The minimum absolute atomic E-state index is 0.136. The summed E-state index contributed by atoms with van der Waals surface area (Å²) >= 11 is 0. The summed E-state index contributed by atoms with van der Waals surface area (Å²) in [6, 6.07) is 1.62. The third-order valence-electron chi connectivity index (χ3n) is 3.34. The molecule has 0 saturated carbocycles. The fourth-order valence-electron chi connectivity index (χ4n) is 2.29. The predicted molar refractivity (Wildman–Crippen MR) is 72.5 cm³/mol. The van der Waals surface area contributed by atoms with Crippen molar-refractivity contribution in [2.75, 3.05) is 26.7 Å². The van der Waals surface area contributed by atoms with Crippen LogP contribution >= 0.6 is 0 Å². The van der Waals surface area contributed by atoms with Gasteiger partial charge in [-0.25, -0.2) is 5.84 Å². The highest BCUT2D eigenvalue weighted by molar-refractivity contribution is 5.93. The molecule has 20 heavy (non-hydrogen) atoms. The van der Waals surface area contributed by atoms with E-state index in [-0.39, 0.29) is 5.91 Å². The second-order valence-electron chi connectivity index (χ2n) is 5.04.